The summed E-state index contributed by atoms with van der Waals surface area (Å²) in [6.07, 6.45) is 3.82. The molecule has 0 amide bonds. The summed E-state index contributed by atoms with van der Waals surface area (Å²) in [7, 11) is 0. The van der Waals surface area contributed by atoms with Crippen LogP contribution >= 0.6 is 0 Å². The van der Waals surface area contributed by atoms with Gasteiger partial charge in [0.05, 0.1) is 6.61 Å². The van der Waals surface area contributed by atoms with E-state index in [2.05, 4.69) is 25.4 Å². The number of nitrogens with two attached hydrogens (primary N) is 1. The second-order valence-electron chi connectivity index (χ2n) is 7.68. The van der Waals surface area contributed by atoms with Crippen LogP contribution in [0.3, 0.4) is 0 Å². The molecular weight excluding hydrogens is 448 g/mol. The Labute approximate surface area is 201 Å². The Hall–Kier alpha value is -4.51. The summed E-state index contributed by atoms with van der Waals surface area (Å²) in [6.45, 7) is 2.08. The highest BCUT2D eigenvalue weighted by atomic mass is 16.5. The van der Waals surface area contributed by atoms with Gasteiger partial charge in [0.15, 0.2) is 5.82 Å². The van der Waals surface area contributed by atoms with Crippen molar-refractivity contribution in [2.45, 2.75) is 19.4 Å². The Morgan fingerprint density at radius 1 is 1.23 bits per heavy atom. The third-order valence-electron chi connectivity index (χ3n) is 5.25. The molecule has 0 aliphatic heterocycles. The Morgan fingerprint density at radius 2 is 1.97 bits per heavy atom. The fraction of sp³-hybridized carbons (Fsp3) is 0.208. The number of benzene rings is 2. The van der Waals surface area contributed by atoms with Gasteiger partial charge in [-0.15, -0.1) is 9.78 Å². The van der Waals surface area contributed by atoms with Gasteiger partial charge in [-0.25, -0.2) is 14.8 Å². The predicted octanol–water partition coefficient (Wildman–Crippen LogP) is 1.77. The van der Waals surface area contributed by atoms with E-state index in [1.165, 1.54) is 12.4 Å². The molecule has 2 heterocycles. The van der Waals surface area contributed by atoms with Crippen molar-refractivity contribution < 1.29 is 9.84 Å². The number of aliphatic hydroxyl groups is 1. The van der Waals surface area contributed by atoms with Crippen molar-refractivity contribution >= 4 is 11.5 Å². The third-order valence-corrected chi connectivity index (χ3v) is 5.25. The van der Waals surface area contributed by atoms with Gasteiger partial charge in [-0.2, -0.15) is 0 Å². The van der Waals surface area contributed by atoms with E-state index in [0.29, 0.717) is 17.1 Å². The van der Waals surface area contributed by atoms with Crippen LogP contribution in [0.15, 0.2) is 65.7 Å². The molecule has 180 valence electrons. The number of hydrogen-bond acceptors (Lipinski definition) is 8. The number of ether oxygens (including phenoxy) is 1. The first-order valence-corrected chi connectivity index (χ1v) is 11.0. The summed E-state index contributed by atoms with van der Waals surface area (Å²) in [4.78, 5) is 23.8. The molecule has 2 aromatic carbocycles. The van der Waals surface area contributed by atoms with E-state index in [1.807, 2.05) is 25.1 Å². The standard InChI is InChI=1S/C24H26N8O3/c1-2-15-12-17(14-19(13-15)35-11-10-33)20(29-18-6-4-16(5-7-18)21(25)26)22-30-24(34)32(31-22)23-27-8-3-9-28-23/h3-9,12-14,20,29,33H,2,10-11H2,1H3,(H3,25,26)(H,30,31,34)/t20-/m0/s1. The number of aromatic amines is 1. The van der Waals surface area contributed by atoms with Gasteiger partial charge >= 0.3 is 5.69 Å². The van der Waals surface area contributed by atoms with Crippen LogP contribution in [0.2, 0.25) is 0 Å². The zero-order valence-corrected chi connectivity index (χ0v) is 19.1. The molecule has 0 spiro atoms. The van der Waals surface area contributed by atoms with Gasteiger partial charge in [0.2, 0.25) is 0 Å². The zero-order chi connectivity index (χ0) is 24.8. The largest absolute Gasteiger partial charge is 0.491 e. The number of aryl methyl sites for hydroxylation is 1. The molecule has 4 rings (SSSR count). The molecule has 35 heavy (non-hydrogen) atoms. The quantitative estimate of drug-likeness (QED) is 0.171. The highest BCUT2D eigenvalue weighted by Gasteiger charge is 2.22. The highest BCUT2D eigenvalue weighted by Crippen LogP contribution is 2.29. The topological polar surface area (TPSA) is 168 Å². The molecule has 0 radical (unpaired) electrons. The van der Waals surface area contributed by atoms with Crippen molar-refractivity contribution in [3.63, 3.8) is 0 Å². The second kappa shape index (κ2) is 10.6. The number of anilines is 1. The van der Waals surface area contributed by atoms with Crippen LogP contribution in [-0.4, -0.2) is 48.9 Å². The van der Waals surface area contributed by atoms with Crippen LogP contribution in [0, 0.1) is 5.41 Å². The van der Waals surface area contributed by atoms with Gasteiger partial charge in [0.25, 0.3) is 5.95 Å². The Balaban J connectivity index is 1.79. The van der Waals surface area contributed by atoms with Gasteiger partial charge in [-0.05, 0) is 60.0 Å². The van der Waals surface area contributed by atoms with Crippen molar-refractivity contribution in [3.8, 4) is 11.7 Å². The van der Waals surface area contributed by atoms with Crippen LogP contribution in [0.25, 0.3) is 5.95 Å². The smallest absolute Gasteiger partial charge is 0.350 e. The number of rotatable bonds is 10. The summed E-state index contributed by atoms with van der Waals surface area (Å²) >= 11 is 0. The maximum absolute atomic E-state index is 12.7. The Bertz CT molecular complexity index is 1350. The lowest BCUT2D eigenvalue weighted by Crippen LogP contribution is -2.18. The average Bonchev–Trinajstić information content (AvgIpc) is 3.27. The summed E-state index contributed by atoms with van der Waals surface area (Å²) in [5.41, 5.74) is 8.23. The molecule has 4 aromatic rings. The van der Waals surface area contributed by atoms with E-state index in [4.69, 9.17) is 15.9 Å². The van der Waals surface area contributed by atoms with Gasteiger partial charge in [0, 0.05) is 23.6 Å². The van der Waals surface area contributed by atoms with Gasteiger partial charge < -0.3 is 20.9 Å². The number of nitrogens with zero attached hydrogens (tertiary/aromatic N) is 4. The molecule has 0 bridgehead atoms. The van der Waals surface area contributed by atoms with Gasteiger partial charge in [-0.1, -0.05) is 13.0 Å². The average molecular weight is 475 g/mol. The van der Waals surface area contributed by atoms with Crippen molar-refractivity contribution in [1.29, 1.82) is 5.41 Å². The molecule has 0 aliphatic carbocycles. The maximum Gasteiger partial charge on any atom is 0.350 e. The van der Waals surface area contributed by atoms with E-state index in [9.17, 15) is 9.90 Å². The number of nitrogens with one attached hydrogen (secondary N) is 3. The summed E-state index contributed by atoms with van der Waals surface area (Å²) in [5.74, 6) is 1.07. The molecule has 0 saturated heterocycles. The van der Waals surface area contributed by atoms with E-state index in [0.717, 1.165) is 27.9 Å². The molecule has 0 saturated carbocycles. The van der Waals surface area contributed by atoms with E-state index >= 15 is 0 Å². The van der Waals surface area contributed by atoms with Gasteiger partial charge in [0.1, 0.15) is 24.2 Å². The number of hydrogen-bond donors (Lipinski definition) is 5. The zero-order valence-electron chi connectivity index (χ0n) is 19.1. The second-order valence-corrected chi connectivity index (χ2v) is 7.68. The number of amidine groups is 1. The first-order chi connectivity index (χ1) is 17.0. The molecule has 0 fully saturated rings. The summed E-state index contributed by atoms with van der Waals surface area (Å²) < 4.78 is 6.79. The summed E-state index contributed by atoms with van der Waals surface area (Å²) in [5, 5.41) is 24.7. The normalized spacial score (nSPS) is 11.7. The molecule has 2 aromatic heterocycles. The third kappa shape index (κ3) is 5.53. The van der Waals surface area contributed by atoms with E-state index in [-0.39, 0.29) is 25.0 Å². The monoisotopic (exact) mass is 474 g/mol. The molecular formula is C24H26N8O3. The van der Waals surface area contributed by atoms with Crippen molar-refractivity contribution in [2.75, 3.05) is 18.5 Å². The summed E-state index contributed by atoms with van der Waals surface area (Å²) in [6, 6.07) is 13.9. The first-order valence-electron chi connectivity index (χ1n) is 11.0. The first kappa shape index (κ1) is 23.6. The van der Waals surface area contributed by atoms with Crippen LogP contribution < -0.4 is 21.5 Å². The highest BCUT2D eigenvalue weighted by molar-refractivity contribution is 5.95. The fourth-order valence-corrected chi connectivity index (χ4v) is 3.53. The van der Waals surface area contributed by atoms with Crippen molar-refractivity contribution in [3.05, 3.63) is 93.9 Å². The number of aliphatic hydroxyl groups excluding tert-OH is 1. The Morgan fingerprint density at radius 3 is 2.63 bits per heavy atom. The van der Waals surface area contributed by atoms with Gasteiger partial charge in [-0.3, -0.25) is 10.4 Å². The number of nitrogen functional groups attached to an aromatic ring is 1. The van der Waals surface area contributed by atoms with Crippen molar-refractivity contribution in [1.82, 2.24) is 24.7 Å². The Kier molecular flexibility index (Phi) is 7.17. The molecule has 1 atom stereocenters. The van der Waals surface area contributed by atoms with E-state index in [1.54, 1.807) is 30.3 Å². The molecule has 0 aliphatic rings. The minimum atomic E-state index is -0.571. The molecule has 0 unspecified atom stereocenters. The fourth-order valence-electron chi connectivity index (χ4n) is 3.53. The number of aromatic nitrogens is 5. The van der Waals surface area contributed by atoms with E-state index < -0.39 is 11.7 Å². The minimum Gasteiger partial charge on any atom is -0.491 e. The predicted molar refractivity (Wildman–Crippen MR) is 131 cm³/mol. The maximum atomic E-state index is 12.7. The SMILES string of the molecule is CCc1cc(OCCO)cc([C@H](Nc2ccc(C(=N)N)cc2)c2nn(-c3ncccn3)c(=O)[nH]2)c1. The lowest BCUT2D eigenvalue weighted by Gasteiger charge is -2.20. The minimum absolute atomic E-state index is 0.0274. The lowest BCUT2D eigenvalue weighted by atomic mass is 10.0. The molecule has 11 heteroatoms. The molecule has 11 nitrogen and oxygen atoms in total. The van der Waals surface area contributed by atoms with Crippen LogP contribution in [-0.2, 0) is 6.42 Å². The lowest BCUT2D eigenvalue weighted by molar-refractivity contribution is 0.201. The van der Waals surface area contributed by atoms with Crippen LogP contribution in [0.1, 0.15) is 35.5 Å². The van der Waals surface area contributed by atoms with Crippen LogP contribution in [0.5, 0.6) is 5.75 Å². The number of H-pyrrole nitrogens is 1. The van der Waals surface area contributed by atoms with Crippen LogP contribution in [0.4, 0.5) is 5.69 Å². The molecule has 6 N–H and O–H groups in total. The van der Waals surface area contributed by atoms with Crippen molar-refractivity contribution in [2.24, 2.45) is 5.73 Å².